The SMILES string of the molecule is CC1CC1NC(C)C(F)F. The number of hydrogen-bond acceptors (Lipinski definition) is 1. The molecule has 0 amide bonds. The maximum absolute atomic E-state index is 11.9. The van der Waals surface area contributed by atoms with Crippen LogP contribution in [0.25, 0.3) is 0 Å². The Hall–Kier alpha value is -0.180. The Morgan fingerprint density at radius 1 is 1.50 bits per heavy atom. The highest BCUT2D eigenvalue weighted by atomic mass is 19.3. The molecule has 1 fully saturated rings. The second kappa shape index (κ2) is 2.82. The van der Waals surface area contributed by atoms with Crippen molar-refractivity contribution in [1.29, 1.82) is 0 Å². The van der Waals surface area contributed by atoms with Crippen LogP contribution >= 0.6 is 0 Å². The van der Waals surface area contributed by atoms with Crippen LogP contribution in [0.4, 0.5) is 8.78 Å². The molecule has 0 aliphatic heterocycles. The van der Waals surface area contributed by atoms with E-state index in [-0.39, 0.29) is 0 Å². The van der Waals surface area contributed by atoms with Crippen molar-refractivity contribution in [2.45, 2.75) is 38.8 Å². The van der Waals surface area contributed by atoms with Gasteiger partial charge in [-0.25, -0.2) is 8.78 Å². The van der Waals surface area contributed by atoms with Crippen LogP contribution in [-0.2, 0) is 0 Å². The summed E-state index contributed by atoms with van der Waals surface area (Å²) in [5.41, 5.74) is 0. The fraction of sp³-hybridized carbons (Fsp3) is 1.00. The van der Waals surface area contributed by atoms with Crippen LogP contribution in [0.2, 0.25) is 0 Å². The molecule has 10 heavy (non-hydrogen) atoms. The molecule has 1 saturated carbocycles. The predicted molar refractivity (Wildman–Crippen MR) is 36.2 cm³/mol. The average molecular weight is 149 g/mol. The molecule has 1 N–H and O–H groups in total. The zero-order valence-corrected chi connectivity index (χ0v) is 6.27. The molecule has 0 bridgehead atoms. The molecule has 60 valence electrons. The van der Waals surface area contributed by atoms with Crippen LogP contribution in [0.1, 0.15) is 20.3 Å². The van der Waals surface area contributed by atoms with Gasteiger partial charge < -0.3 is 5.32 Å². The zero-order valence-electron chi connectivity index (χ0n) is 6.27. The minimum absolute atomic E-state index is 0.351. The third-order valence-electron chi connectivity index (χ3n) is 1.96. The van der Waals surface area contributed by atoms with E-state index in [0.29, 0.717) is 12.0 Å². The van der Waals surface area contributed by atoms with Crippen LogP contribution in [-0.4, -0.2) is 18.5 Å². The first kappa shape index (κ1) is 7.92. The van der Waals surface area contributed by atoms with E-state index in [4.69, 9.17) is 0 Å². The predicted octanol–water partition coefficient (Wildman–Crippen LogP) is 1.64. The maximum atomic E-state index is 11.9. The van der Waals surface area contributed by atoms with Gasteiger partial charge in [0.1, 0.15) is 0 Å². The largest absolute Gasteiger partial charge is 0.306 e. The van der Waals surface area contributed by atoms with Crippen LogP contribution in [0.15, 0.2) is 0 Å². The summed E-state index contributed by atoms with van der Waals surface area (Å²) in [7, 11) is 0. The van der Waals surface area contributed by atoms with Crippen molar-refractivity contribution in [3.63, 3.8) is 0 Å². The van der Waals surface area contributed by atoms with E-state index in [9.17, 15) is 8.78 Å². The van der Waals surface area contributed by atoms with Crippen LogP contribution in [0.5, 0.6) is 0 Å². The van der Waals surface area contributed by atoms with E-state index in [1.54, 1.807) is 0 Å². The van der Waals surface area contributed by atoms with Gasteiger partial charge in [0.2, 0.25) is 0 Å². The van der Waals surface area contributed by atoms with Gasteiger partial charge >= 0.3 is 0 Å². The molecule has 0 aromatic rings. The monoisotopic (exact) mass is 149 g/mol. The molecule has 3 heteroatoms. The van der Waals surface area contributed by atoms with Gasteiger partial charge in [-0.2, -0.15) is 0 Å². The van der Waals surface area contributed by atoms with Crippen molar-refractivity contribution in [2.24, 2.45) is 5.92 Å². The summed E-state index contributed by atoms with van der Waals surface area (Å²) in [5.74, 6) is 0.598. The summed E-state index contributed by atoms with van der Waals surface area (Å²) < 4.78 is 23.8. The van der Waals surface area contributed by atoms with E-state index in [0.717, 1.165) is 6.42 Å². The topological polar surface area (TPSA) is 12.0 Å². The van der Waals surface area contributed by atoms with Gasteiger partial charge in [0.25, 0.3) is 6.43 Å². The first-order chi connectivity index (χ1) is 4.61. The Morgan fingerprint density at radius 2 is 2.00 bits per heavy atom. The number of hydrogen-bond donors (Lipinski definition) is 1. The molecular weight excluding hydrogens is 136 g/mol. The maximum Gasteiger partial charge on any atom is 0.253 e. The molecule has 0 heterocycles. The quantitative estimate of drug-likeness (QED) is 0.643. The van der Waals surface area contributed by atoms with E-state index in [1.807, 2.05) is 0 Å². The average Bonchev–Trinajstić information content (AvgIpc) is 2.46. The van der Waals surface area contributed by atoms with E-state index < -0.39 is 12.5 Å². The Kier molecular flexibility index (Phi) is 2.24. The van der Waals surface area contributed by atoms with Gasteiger partial charge in [-0.05, 0) is 19.3 Å². The number of halogens is 2. The van der Waals surface area contributed by atoms with Crippen LogP contribution < -0.4 is 5.32 Å². The van der Waals surface area contributed by atoms with Crippen molar-refractivity contribution < 1.29 is 8.78 Å². The van der Waals surface area contributed by atoms with Crippen molar-refractivity contribution >= 4 is 0 Å². The summed E-state index contributed by atoms with van der Waals surface area (Å²) in [6.45, 7) is 3.59. The third kappa shape index (κ3) is 1.90. The second-order valence-corrected chi connectivity index (χ2v) is 3.11. The minimum atomic E-state index is -2.23. The van der Waals surface area contributed by atoms with Gasteiger partial charge in [-0.1, -0.05) is 6.92 Å². The van der Waals surface area contributed by atoms with Gasteiger partial charge in [-0.15, -0.1) is 0 Å². The van der Waals surface area contributed by atoms with Crippen LogP contribution in [0.3, 0.4) is 0 Å². The summed E-state index contributed by atoms with van der Waals surface area (Å²) in [6, 6.07) is -0.293. The number of nitrogens with one attached hydrogen (secondary N) is 1. The highest BCUT2D eigenvalue weighted by molar-refractivity contribution is 4.91. The standard InChI is InChI=1S/C7H13F2N/c1-4-3-6(4)10-5(2)7(8)9/h4-7,10H,3H2,1-2H3. The number of alkyl halides is 2. The molecule has 3 unspecified atom stereocenters. The molecule has 3 atom stereocenters. The molecule has 0 spiro atoms. The second-order valence-electron chi connectivity index (χ2n) is 3.11. The van der Waals surface area contributed by atoms with Gasteiger partial charge in [0, 0.05) is 6.04 Å². The Labute approximate surface area is 59.8 Å². The lowest BCUT2D eigenvalue weighted by molar-refractivity contribution is 0.105. The zero-order chi connectivity index (χ0) is 7.72. The van der Waals surface area contributed by atoms with Crippen LogP contribution in [0, 0.1) is 5.92 Å². The molecule has 1 aliphatic carbocycles. The van der Waals surface area contributed by atoms with Crippen molar-refractivity contribution in [2.75, 3.05) is 0 Å². The van der Waals surface area contributed by atoms with Crippen molar-refractivity contribution in [3.8, 4) is 0 Å². The lowest BCUT2D eigenvalue weighted by atomic mass is 10.3. The highest BCUT2D eigenvalue weighted by Crippen LogP contribution is 2.29. The molecule has 0 radical (unpaired) electrons. The minimum Gasteiger partial charge on any atom is -0.306 e. The third-order valence-corrected chi connectivity index (χ3v) is 1.96. The molecule has 0 saturated heterocycles. The van der Waals surface area contributed by atoms with E-state index in [2.05, 4.69) is 12.2 Å². The van der Waals surface area contributed by atoms with Gasteiger partial charge in [0.05, 0.1) is 6.04 Å². The lowest BCUT2D eigenvalue weighted by Crippen LogP contribution is -2.34. The van der Waals surface area contributed by atoms with E-state index >= 15 is 0 Å². The summed E-state index contributed by atoms with van der Waals surface area (Å²) in [6.07, 6.45) is -1.18. The summed E-state index contributed by atoms with van der Waals surface area (Å²) >= 11 is 0. The van der Waals surface area contributed by atoms with Gasteiger partial charge in [-0.3, -0.25) is 0 Å². The lowest BCUT2D eigenvalue weighted by Gasteiger charge is -2.11. The Balaban J connectivity index is 2.13. The molecule has 1 aliphatic rings. The van der Waals surface area contributed by atoms with Gasteiger partial charge in [0.15, 0.2) is 0 Å². The Morgan fingerprint density at radius 3 is 2.30 bits per heavy atom. The van der Waals surface area contributed by atoms with Crippen molar-refractivity contribution in [3.05, 3.63) is 0 Å². The van der Waals surface area contributed by atoms with Crippen molar-refractivity contribution in [1.82, 2.24) is 5.32 Å². The Bertz CT molecular complexity index is 116. The fourth-order valence-corrected chi connectivity index (χ4v) is 0.965. The fourth-order valence-electron chi connectivity index (χ4n) is 0.965. The van der Waals surface area contributed by atoms with E-state index in [1.165, 1.54) is 6.92 Å². The number of rotatable bonds is 3. The normalized spacial score (nSPS) is 34.5. The molecule has 1 rings (SSSR count). The summed E-state index contributed by atoms with van der Waals surface area (Å²) in [5, 5.41) is 2.85. The summed E-state index contributed by atoms with van der Waals surface area (Å²) in [4.78, 5) is 0. The highest BCUT2D eigenvalue weighted by Gasteiger charge is 2.34. The smallest absolute Gasteiger partial charge is 0.253 e. The molecule has 0 aromatic heterocycles. The molecule has 0 aromatic carbocycles. The first-order valence-electron chi connectivity index (χ1n) is 3.65. The first-order valence-corrected chi connectivity index (χ1v) is 3.65. The molecular formula is C7H13F2N. The molecule has 1 nitrogen and oxygen atoms in total.